The first kappa shape index (κ1) is 25.4. The number of nitrogens with zero attached hydrogens (tertiary/aromatic N) is 7. The highest BCUT2D eigenvalue weighted by molar-refractivity contribution is 5.95. The van der Waals surface area contributed by atoms with E-state index in [0.29, 0.717) is 52.7 Å². The molecule has 0 aliphatic heterocycles. The summed E-state index contributed by atoms with van der Waals surface area (Å²) in [5.41, 5.74) is 7.11. The third-order valence-corrected chi connectivity index (χ3v) is 6.52. The van der Waals surface area contributed by atoms with Crippen molar-refractivity contribution in [1.82, 2.24) is 40.0 Å². The summed E-state index contributed by atoms with van der Waals surface area (Å²) in [6.45, 7) is 1.16. The fraction of sp³-hybridized carbons (Fsp3) is 0.207. The minimum absolute atomic E-state index is 0.408. The van der Waals surface area contributed by atoms with Crippen molar-refractivity contribution in [3.63, 3.8) is 0 Å². The fourth-order valence-corrected chi connectivity index (χ4v) is 4.42. The highest BCUT2D eigenvalue weighted by Crippen LogP contribution is 2.32. The number of likely N-dealkylation sites (N-methyl/N-ethyl adjacent to an activating group) is 1. The number of hydrogen-bond donors (Lipinski definition) is 2. The maximum absolute atomic E-state index is 14.6. The third kappa shape index (κ3) is 4.94. The monoisotopic (exact) mass is 537 g/mol. The molecule has 0 unspecified atom stereocenters. The van der Waals surface area contributed by atoms with E-state index in [2.05, 4.69) is 25.1 Å². The Morgan fingerprint density at radius 1 is 0.875 bits per heavy atom. The molecule has 6 rings (SSSR count). The SMILES string of the molecule is CN(C)CCOc1cc(F)cc(-c2nccc3[nH]c(-c4n[nH]c5ccc(-c6cncc(N(C)C)c6)nc45)nc23)c1. The number of pyridine rings is 3. The van der Waals surface area contributed by atoms with E-state index in [9.17, 15) is 4.39 Å². The molecule has 5 heterocycles. The van der Waals surface area contributed by atoms with Crippen LogP contribution in [0.25, 0.3) is 56.1 Å². The van der Waals surface area contributed by atoms with E-state index in [0.717, 1.165) is 28.0 Å². The average Bonchev–Trinajstić information content (AvgIpc) is 3.56. The molecule has 0 saturated carbocycles. The number of nitrogens with one attached hydrogen (secondary N) is 2. The Morgan fingerprint density at radius 2 is 1.73 bits per heavy atom. The first-order chi connectivity index (χ1) is 19.4. The Bertz CT molecular complexity index is 1830. The summed E-state index contributed by atoms with van der Waals surface area (Å²) in [5, 5.41) is 7.56. The number of fused-ring (bicyclic) bond motifs is 2. The van der Waals surface area contributed by atoms with E-state index >= 15 is 0 Å². The number of ether oxygens (including phenoxy) is 1. The van der Waals surface area contributed by atoms with Crippen LogP contribution in [0.4, 0.5) is 10.1 Å². The number of hydrogen-bond acceptors (Lipinski definition) is 8. The number of anilines is 1. The number of halogens is 1. The van der Waals surface area contributed by atoms with Crippen LogP contribution < -0.4 is 9.64 Å². The summed E-state index contributed by atoms with van der Waals surface area (Å²) >= 11 is 0. The van der Waals surface area contributed by atoms with Gasteiger partial charge in [0, 0.05) is 50.2 Å². The van der Waals surface area contributed by atoms with E-state index in [1.54, 1.807) is 18.5 Å². The number of aromatic amines is 2. The molecule has 0 bridgehead atoms. The molecule has 0 saturated heterocycles. The number of H-pyrrole nitrogens is 2. The molecular weight excluding hydrogens is 509 g/mol. The van der Waals surface area contributed by atoms with Gasteiger partial charge in [-0.3, -0.25) is 15.1 Å². The number of aromatic nitrogens is 7. The van der Waals surface area contributed by atoms with Crippen molar-refractivity contribution in [2.45, 2.75) is 0 Å². The van der Waals surface area contributed by atoms with Gasteiger partial charge >= 0.3 is 0 Å². The molecule has 1 aromatic carbocycles. The average molecular weight is 538 g/mol. The Kier molecular flexibility index (Phi) is 6.56. The van der Waals surface area contributed by atoms with E-state index in [1.165, 1.54) is 12.1 Å². The second-order valence-corrected chi connectivity index (χ2v) is 9.96. The van der Waals surface area contributed by atoms with E-state index in [-0.39, 0.29) is 0 Å². The van der Waals surface area contributed by atoms with Crippen molar-refractivity contribution in [1.29, 1.82) is 0 Å². The molecule has 0 radical (unpaired) electrons. The van der Waals surface area contributed by atoms with Crippen molar-refractivity contribution in [3.8, 4) is 39.8 Å². The minimum Gasteiger partial charge on any atom is -0.492 e. The van der Waals surface area contributed by atoms with Crippen LogP contribution in [0.5, 0.6) is 5.75 Å². The minimum atomic E-state index is -0.408. The van der Waals surface area contributed by atoms with Gasteiger partial charge in [0.15, 0.2) is 11.5 Å². The van der Waals surface area contributed by atoms with E-state index in [1.807, 2.05) is 68.5 Å². The lowest BCUT2D eigenvalue weighted by Gasteiger charge is -2.12. The number of imidazole rings is 1. The van der Waals surface area contributed by atoms with E-state index < -0.39 is 5.82 Å². The van der Waals surface area contributed by atoms with Gasteiger partial charge in [-0.2, -0.15) is 5.10 Å². The van der Waals surface area contributed by atoms with Gasteiger partial charge in [0.2, 0.25) is 0 Å². The smallest absolute Gasteiger partial charge is 0.161 e. The van der Waals surface area contributed by atoms with Gasteiger partial charge in [-0.15, -0.1) is 0 Å². The fourth-order valence-electron chi connectivity index (χ4n) is 4.42. The van der Waals surface area contributed by atoms with Crippen LogP contribution in [-0.4, -0.2) is 81.4 Å². The summed E-state index contributed by atoms with van der Waals surface area (Å²) in [7, 11) is 7.86. The summed E-state index contributed by atoms with van der Waals surface area (Å²) in [5.74, 6) is 0.559. The van der Waals surface area contributed by atoms with Crippen molar-refractivity contribution in [2.75, 3.05) is 46.2 Å². The lowest BCUT2D eigenvalue weighted by atomic mass is 10.1. The zero-order valence-corrected chi connectivity index (χ0v) is 22.6. The van der Waals surface area contributed by atoms with Crippen molar-refractivity contribution >= 4 is 27.8 Å². The van der Waals surface area contributed by atoms with Crippen molar-refractivity contribution in [2.24, 2.45) is 0 Å². The first-order valence-corrected chi connectivity index (χ1v) is 12.8. The summed E-state index contributed by atoms with van der Waals surface area (Å²) in [6.07, 6.45) is 5.27. The number of benzene rings is 1. The largest absolute Gasteiger partial charge is 0.492 e. The van der Waals surface area contributed by atoms with Crippen molar-refractivity contribution < 1.29 is 9.13 Å². The predicted molar refractivity (Wildman–Crippen MR) is 154 cm³/mol. The standard InChI is InChI=1S/C29H28FN9O/c1-38(2)9-10-40-21-13-17(11-19(30)14-21)25-26-23(7-8-32-25)34-29(35-26)28-27-24(36-37-28)6-5-22(33-27)18-12-20(39(3)4)16-31-15-18/h5-8,11-16H,9-10H2,1-4H3,(H,34,35)(H,36,37). The zero-order chi connectivity index (χ0) is 27.8. The zero-order valence-electron chi connectivity index (χ0n) is 22.6. The molecule has 0 spiro atoms. The third-order valence-electron chi connectivity index (χ3n) is 6.52. The molecule has 6 aromatic rings. The molecule has 5 aromatic heterocycles. The Morgan fingerprint density at radius 3 is 2.55 bits per heavy atom. The Labute approximate surface area is 229 Å². The summed E-state index contributed by atoms with van der Waals surface area (Å²) in [6, 6.07) is 12.3. The van der Waals surface area contributed by atoms with Gasteiger partial charge in [-0.1, -0.05) is 0 Å². The number of rotatable bonds is 8. The Hall–Kier alpha value is -4.90. The molecule has 0 aliphatic carbocycles. The van der Waals surface area contributed by atoms with Gasteiger partial charge in [0.1, 0.15) is 29.2 Å². The van der Waals surface area contributed by atoms with Gasteiger partial charge in [0.25, 0.3) is 0 Å². The predicted octanol–water partition coefficient (Wildman–Crippen LogP) is 4.77. The molecule has 0 atom stereocenters. The van der Waals surface area contributed by atoms with Crippen LogP contribution in [0.2, 0.25) is 0 Å². The van der Waals surface area contributed by atoms with Gasteiger partial charge < -0.3 is 19.5 Å². The lowest BCUT2D eigenvalue weighted by Crippen LogP contribution is -2.19. The quantitative estimate of drug-likeness (QED) is 0.286. The molecule has 0 amide bonds. The van der Waals surface area contributed by atoms with Crippen LogP contribution in [-0.2, 0) is 0 Å². The topological polar surface area (TPSA) is 112 Å². The molecule has 11 heteroatoms. The van der Waals surface area contributed by atoms with Crippen LogP contribution in [0.1, 0.15) is 0 Å². The molecule has 10 nitrogen and oxygen atoms in total. The van der Waals surface area contributed by atoms with Crippen molar-refractivity contribution in [3.05, 3.63) is 66.9 Å². The summed E-state index contributed by atoms with van der Waals surface area (Å²) < 4.78 is 20.4. The second-order valence-electron chi connectivity index (χ2n) is 9.96. The molecule has 202 valence electrons. The maximum atomic E-state index is 14.6. The van der Waals surface area contributed by atoms with Gasteiger partial charge in [-0.05, 0) is 50.5 Å². The van der Waals surface area contributed by atoms with E-state index in [4.69, 9.17) is 14.7 Å². The molecule has 0 aliphatic rings. The van der Waals surface area contributed by atoms with Crippen LogP contribution in [0.15, 0.2) is 61.1 Å². The highest BCUT2D eigenvalue weighted by atomic mass is 19.1. The maximum Gasteiger partial charge on any atom is 0.161 e. The van der Waals surface area contributed by atoms with Crippen LogP contribution in [0.3, 0.4) is 0 Å². The molecular formula is C29H28FN9O. The normalized spacial score (nSPS) is 11.6. The second kappa shape index (κ2) is 10.3. The highest BCUT2D eigenvalue weighted by Gasteiger charge is 2.18. The molecule has 40 heavy (non-hydrogen) atoms. The Balaban J connectivity index is 1.39. The van der Waals surface area contributed by atoms with Gasteiger partial charge in [0.05, 0.1) is 34.3 Å². The first-order valence-electron chi connectivity index (χ1n) is 12.8. The van der Waals surface area contributed by atoms with Gasteiger partial charge in [-0.25, -0.2) is 14.4 Å². The molecule has 0 fully saturated rings. The summed E-state index contributed by atoms with van der Waals surface area (Å²) in [4.78, 5) is 26.0. The van der Waals surface area contributed by atoms with Crippen LogP contribution in [0, 0.1) is 5.82 Å². The van der Waals surface area contributed by atoms with Crippen LogP contribution >= 0.6 is 0 Å². The lowest BCUT2D eigenvalue weighted by molar-refractivity contribution is 0.260. The molecule has 2 N–H and O–H groups in total.